The fourth-order valence-electron chi connectivity index (χ4n) is 2.04. The molecule has 1 fully saturated rings. The fraction of sp³-hybridized carbons (Fsp3) is 0.429. The monoisotopic (exact) mass is 278 g/mol. The number of hydrogen-bond donors (Lipinski definition) is 2. The van der Waals surface area contributed by atoms with Crippen LogP contribution in [0.5, 0.6) is 0 Å². The van der Waals surface area contributed by atoms with Gasteiger partial charge in [0.1, 0.15) is 11.1 Å². The molecule has 0 radical (unpaired) electrons. The smallest absolute Gasteiger partial charge is 0.249 e. The Labute approximate surface area is 118 Å². The number of benzene rings is 1. The summed E-state index contributed by atoms with van der Waals surface area (Å²) < 4.78 is 5.43. The first kappa shape index (κ1) is 14.0. The lowest BCUT2D eigenvalue weighted by Gasteiger charge is -2.21. The van der Waals surface area contributed by atoms with Gasteiger partial charge in [-0.2, -0.15) is 0 Å². The van der Waals surface area contributed by atoms with Crippen molar-refractivity contribution in [2.24, 2.45) is 5.73 Å². The maximum absolute atomic E-state index is 11.9. The number of thiocarbonyl (C=S) groups is 1. The largest absolute Gasteiger partial charge is 0.389 e. The van der Waals surface area contributed by atoms with Crippen molar-refractivity contribution in [2.45, 2.75) is 31.9 Å². The average Bonchev–Trinajstić information content (AvgIpc) is 2.46. The van der Waals surface area contributed by atoms with Crippen molar-refractivity contribution in [3.05, 3.63) is 35.4 Å². The lowest BCUT2D eigenvalue weighted by atomic mass is 10.1. The lowest BCUT2D eigenvalue weighted by molar-refractivity contribution is -0.135. The van der Waals surface area contributed by atoms with E-state index in [-0.39, 0.29) is 12.0 Å². The Hall–Kier alpha value is -1.46. The molecule has 1 aromatic carbocycles. The molecule has 1 unspecified atom stereocenters. The molecule has 0 aliphatic carbocycles. The van der Waals surface area contributed by atoms with Crippen molar-refractivity contribution >= 4 is 23.1 Å². The molecule has 3 N–H and O–H groups in total. The Bertz CT molecular complexity index is 453. The van der Waals surface area contributed by atoms with Crippen molar-refractivity contribution in [1.29, 1.82) is 0 Å². The maximum atomic E-state index is 11.9. The molecule has 4 nitrogen and oxygen atoms in total. The lowest BCUT2D eigenvalue weighted by Crippen LogP contribution is -2.37. The fourth-order valence-corrected chi connectivity index (χ4v) is 2.17. The molecule has 0 aromatic heterocycles. The van der Waals surface area contributed by atoms with Crippen molar-refractivity contribution < 1.29 is 9.53 Å². The Morgan fingerprint density at radius 3 is 2.68 bits per heavy atom. The van der Waals surface area contributed by atoms with E-state index in [9.17, 15) is 4.79 Å². The minimum absolute atomic E-state index is 0.0295. The molecule has 1 aliphatic heterocycles. The highest BCUT2D eigenvalue weighted by Gasteiger charge is 2.21. The van der Waals surface area contributed by atoms with Gasteiger partial charge in [-0.05, 0) is 24.8 Å². The van der Waals surface area contributed by atoms with Crippen LogP contribution in [0.15, 0.2) is 24.3 Å². The Kier molecular flexibility index (Phi) is 4.87. The number of hydrogen-bond acceptors (Lipinski definition) is 3. The topological polar surface area (TPSA) is 64.3 Å². The second kappa shape index (κ2) is 6.63. The van der Waals surface area contributed by atoms with E-state index < -0.39 is 0 Å². The van der Waals surface area contributed by atoms with Gasteiger partial charge >= 0.3 is 0 Å². The number of ether oxygens (including phenoxy) is 1. The summed E-state index contributed by atoms with van der Waals surface area (Å²) in [6.45, 7) is 1.18. The number of nitrogens with two attached hydrogens (primary N) is 1. The van der Waals surface area contributed by atoms with Crippen LogP contribution in [0, 0.1) is 0 Å². The summed E-state index contributed by atoms with van der Waals surface area (Å²) in [5, 5.41) is 2.89. The molecule has 1 heterocycles. The van der Waals surface area contributed by atoms with E-state index in [2.05, 4.69) is 5.32 Å². The summed E-state index contributed by atoms with van der Waals surface area (Å²) in [5.41, 5.74) is 7.38. The summed E-state index contributed by atoms with van der Waals surface area (Å²) in [6, 6.07) is 7.55. The van der Waals surface area contributed by atoms with Crippen LogP contribution in [-0.4, -0.2) is 23.6 Å². The normalized spacial score (nSPS) is 18.8. The first-order valence-corrected chi connectivity index (χ1v) is 6.85. The number of rotatable bonds is 4. The second-order valence-corrected chi connectivity index (χ2v) is 5.07. The van der Waals surface area contributed by atoms with Crippen LogP contribution in [0.1, 0.15) is 30.4 Å². The van der Waals surface area contributed by atoms with Gasteiger partial charge in [-0.15, -0.1) is 0 Å². The molecule has 0 saturated carbocycles. The summed E-state index contributed by atoms with van der Waals surface area (Å²) in [5.74, 6) is -0.0295. The van der Waals surface area contributed by atoms with E-state index >= 15 is 0 Å². The zero-order valence-corrected chi connectivity index (χ0v) is 11.5. The number of carbonyl (C=O) groups excluding carboxylic acids is 1. The van der Waals surface area contributed by atoms with Crippen molar-refractivity contribution in [2.75, 3.05) is 6.61 Å². The maximum Gasteiger partial charge on any atom is 0.249 e. The van der Waals surface area contributed by atoms with Crippen LogP contribution < -0.4 is 11.1 Å². The third kappa shape index (κ3) is 4.01. The van der Waals surface area contributed by atoms with E-state index in [0.29, 0.717) is 18.1 Å². The number of amides is 1. The predicted molar refractivity (Wildman–Crippen MR) is 77.8 cm³/mol. The minimum atomic E-state index is -0.287. The third-order valence-electron chi connectivity index (χ3n) is 3.18. The SMILES string of the molecule is NC(=S)c1ccc(CNC(=O)C2CCCCO2)cc1. The van der Waals surface area contributed by atoms with Gasteiger partial charge in [0.25, 0.3) is 0 Å². The van der Waals surface area contributed by atoms with Gasteiger partial charge in [-0.3, -0.25) is 4.79 Å². The first-order valence-electron chi connectivity index (χ1n) is 6.45. The Morgan fingerprint density at radius 2 is 2.11 bits per heavy atom. The molecular formula is C14H18N2O2S. The highest BCUT2D eigenvalue weighted by atomic mass is 32.1. The van der Waals surface area contributed by atoms with Crippen LogP contribution in [0.25, 0.3) is 0 Å². The number of nitrogens with one attached hydrogen (secondary N) is 1. The van der Waals surface area contributed by atoms with Crippen LogP contribution in [0.2, 0.25) is 0 Å². The number of carbonyl (C=O) groups is 1. The first-order chi connectivity index (χ1) is 9.16. The van der Waals surface area contributed by atoms with Crippen LogP contribution in [0.3, 0.4) is 0 Å². The van der Waals surface area contributed by atoms with E-state index in [1.807, 2.05) is 24.3 Å². The van der Waals surface area contributed by atoms with Crippen molar-refractivity contribution in [3.8, 4) is 0 Å². The van der Waals surface area contributed by atoms with Gasteiger partial charge in [0, 0.05) is 18.7 Å². The zero-order valence-electron chi connectivity index (χ0n) is 10.7. The molecule has 2 rings (SSSR count). The third-order valence-corrected chi connectivity index (χ3v) is 3.41. The van der Waals surface area contributed by atoms with E-state index in [0.717, 1.165) is 30.4 Å². The predicted octanol–water partition coefficient (Wildman–Crippen LogP) is 1.51. The second-order valence-electron chi connectivity index (χ2n) is 4.63. The van der Waals surface area contributed by atoms with Crippen LogP contribution in [0.4, 0.5) is 0 Å². The Morgan fingerprint density at radius 1 is 1.37 bits per heavy atom. The van der Waals surface area contributed by atoms with Crippen LogP contribution in [-0.2, 0) is 16.1 Å². The van der Waals surface area contributed by atoms with Crippen molar-refractivity contribution in [1.82, 2.24) is 5.32 Å². The van der Waals surface area contributed by atoms with Gasteiger partial charge in [0.2, 0.25) is 5.91 Å². The van der Waals surface area contributed by atoms with Gasteiger partial charge in [-0.1, -0.05) is 36.5 Å². The standard InChI is InChI=1S/C14H18N2O2S/c15-13(19)11-6-4-10(5-7-11)9-16-14(17)12-3-1-2-8-18-12/h4-7,12H,1-3,8-9H2,(H2,15,19)(H,16,17). The molecule has 0 spiro atoms. The summed E-state index contributed by atoms with van der Waals surface area (Å²) in [7, 11) is 0. The average molecular weight is 278 g/mol. The molecule has 5 heteroatoms. The molecule has 1 amide bonds. The molecule has 1 aromatic rings. The molecule has 1 saturated heterocycles. The summed E-state index contributed by atoms with van der Waals surface area (Å²) in [6.07, 6.45) is 2.63. The summed E-state index contributed by atoms with van der Waals surface area (Å²) in [4.78, 5) is 12.3. The molecule has 1 atom stereocenters. The Balaban J connectivity index is 1.84. The van der Waals surface area contributed by atoms with Gasteiger partial charge < -0.3 is 15.8 Å². The van der Waals surface area contributed by atoms with Gasteiger partial charge in [0.15, 0.2) is 0 Å². The molecule has 1 aliphatic rings. The van der Waals surface area contributed by atoms with Gasteiger partial charge in [0.05, 0.1) is 0 Å². The molecule has 102 valence electrons. The highest BCUT2D eigenvalue weighted by molar-refractivity contribution is 7.80. The van der Waals surface area contributed by atoms with Crippen LogP contribution >= 0.6 is 12.2 Å². The van der Waals surface area contributed by atoms with E-state index in [4.69, 9.17) is 22.7 Å². The summed E-state index contributed by atoms with van der Waals surface area (Å²) >= 11 is 4.89. The molecular weight excluding hydrogens is 260 g/mol. The van der Waals surface area contributed by atoms with E-state index in [1.54, 1.807) is 0 Å². The minimum Gasteiger partial charge on any atom is -0.389 e. The van der Waals surface area contributed by atoms with E-state index in [1.165, 1.54) is 0 Å². The van der Waals surface area contributed by atoms with Gasteiger partial charge in [-0.25, -0.2) is 0 Å². The molecule has 19 heavy (non-hydrogen) atoms. The zero-order chi connectivity index (χ0) is 13.7. The van der Waals surface area contributed by atoms with Crippen molar-refractivity contribution in [3.63, 3.8) is 0 Å². The molecule has 0 bridgehead atoms. The highest BCUT2D eigenvalue weighted by Crippen LogP contribution is 2.13. The quantitative estimate of drug-likeness (QED) is 0.819.